The number of nitrogens with one attached hydrogen (secondary N) is 1. The Morgan fingerprint density at radius 1 is 1.31 bits per heavy atom. The minimum absolute atomic E-state index is 0.202. The topological polar surface area (TPSA) is 90.0 Å². The van der Waals surface area contributed by atoms with Crippen molar-refractivity contribution in [1.29, 1.82) is 0 Å². The van der Waals surface area contributed by atoms with Crippen LogP contribution >= 0.6 is 0 Å². The Morgan fingerprint density at radius 3 is 3.00 bits per heavy atom. The summed E-state index contributed by atoms with van der Waals surface area (Å²) in [7, 11) is 0. The van der Waals surface area contributed by atoms with Crippen LogP contribution in [0.1, 0.15) is 28.8 Å². The van der Waals surface area contributed by atoms with E-state index in [2.05, 4.69) is 25.8 Å². The summed E-state index contributed by atoms with van der Waals surface area (Å²) in [6.07, 6.45) is 5.60. The number of carbonyl (C=O) groups is 1. The number of hydrogen-bond acceptors (Lipinski definition) is 5. The first-order chi connectivity index (χ1) is 14.1. The minimum atomic E-state index is -0.456. The first-order valence-electron chi connectivity index (χ1n) is 9.40. The van der Waals surface area contributed by atoms with Crippen LogP contribution in [-0.4, -0.2) is 35.7 Å². The van der Waals surface area contributed by atoms with Gasteiger partial charge in [-0.25, -0.2) is 8.91 Å². The standard InChI is InChI=1S/C20H18FN7O/c1-12-8-16(21)14(19-24-26-28(25-19)11-13-5-6-13)9-17(12)23-20(29)15-10-22-27-7-3-2-4-18(15)27/h2-4,7-10,13H,5-6,11H2,1H3,(H,23,29). The molecule has 3 heterocycles. The molecule has 0 saturated heterocycles. The van der Waals surface area contributed by atoms with Crippen molar-refractivity contribution < 1.29 is 9.18 Å². The van der Waals surface area contributed by atoms with Crippen molar-refractivity contribution in [3.05, 3.63) is 59.7 Å². The molecule has 5 rings (SSSR count). The van der Waals surface area contributed by atoms with Gasteiger partial charge >= 0.3 is 0 Å². The van der Waals surface area contributed by atoms with E-state index >= 15 is 0 Å². The molecule has 1 saturated carbocycles. The molecule has 0 bridgehead atoms. The van der Waals surface area contributed by atoms with Gasteiger partial charge < -0.3 is 5.32 Å². The summed E-state index contributed by atoms with van der Waals surface area (Å²) in [5.74, 6) is 0.00917. The van der Waals surface area contributed by atoms with Crippen molar-refractivity contribution in [1.82, 2.24) is 29.8 Å². The molecule has 0 radical (unpaired) electrons. The number of benzene rings is 1. The number of tetrazole rings is 1. The SMILES string of the molecule is Cc1cc(F)c(-c2nnn(CC3CC3)n2)cc1NC(=O)c1cnn2ccccc12. The molecular formula is C20H18FN7O. The Balaban J connectivity index is 1.44. The van der Waals surface area contributed by atoms with Gasteiger partial charge in [0.15, 0.2) is 0 Å². The average molecular weight is 391 g/mol. The zero-order valence-electron chi connectivity index (χ0n) is 15.7. The van der Waals surface area contributed by atoms with Crippen molar-refractivity contribution in [2.45, 2.75) is 26.3 Å². The predicted molar refractivity (Wildman–Crippen MR) is 104 cm³/mol. The Labute approximate surface area is 165 Å². The van der Waals surface area contributed by atoms with Gasteiger partial charge in [-0.3, -0.25) is 4.79 Å². The summed E-state index contributed by atoms with van der Waals surface area (Å²) in [5, 5.41) is 19.3. The molecule has 1 aliphatic rings. The lowest BCUT2D eigenvalue weighted by Crippen LogP contribution is -2.13. The predicted octanol–water partition coefficient (Wildman–Crippen LogP) is 3.10. The number of aromatic nitrogens is 6. The number of fused-ring (bicyclic) bond motifs is 1. The van der Waals surface area contributed by atoms with Crippen molar-refractivity contribution in [2.75, 3.05) is 5.32 Å². The summed E-state index contributed by atoms with van der Waals surface area (Å²) in [5.41, 5.74) is 2.41. The minimum Gasteiger partial charge on any atom is -0.322 e. The average Bonchev–Trinajstić information content (AvgIpc) is 3.23. The van der Waals surface area contributed by atoms with Gasteiger partial charge in [-0.05, 0) is 60.7 Å². The molecule has 1 aliphatic carbocycles. The molecule has 8 nitrogen and oxygen atoms in total. The Hall–Kier alpha value is -3.62. The number of anilines is 1. The van der Waals surface area contributed by atoms with Gasteiger partial charge in [0.1, 0.15) is 5.82 Å². The van der Waals surface area contributed by atoms with E-state index < -0.39 is 5.82 Å². The van der Waals surface area contributed by atoms with Crippen molar-refractivity contribution in [3.63, 3.8) is 0 Å². The molecular weight excluding hydrogens is 373 g/mol. The van der Waals surface area contributed by atoms with Crippen LogP contribution in [0.3, 0.4) is 0 Å². The Bertz CT molecular complexity index is 1220. The summed E-state index contributed by atoms with van der Waals surface area (Å²) < 4.78 is 16.2. The molecule has 4 aromatic rings. The highest BCUT2D eigenvalue weighted by atomic mass is 19.1. The van der Waals surface area contributed by atoms with Crippen LogP contribution in [0.5, 0.6) is 0 Å². The first kappa shape index (κ1) is 17.5. The second-order valence-electron chi connectivity index (χ2n) is 7.30. The summed E-state index contributed by atoms with van der Waals surface area (Å²) >= 11 is 0. The molecule has 1 N–H and O–H groups in total. The number of halogens is 1. The van der Waals surface area contributed by atoms with E-state index in [0.717, 1.165) is 12.8 Å². The number of hydrogen-bond donors (Lipinski definition) is 1. The van der Waals surface area contributed by atoms with Crippen molar-refractivity contribution in [3.8, 4) is 11.4 Å². The van der Waals surface area contributed by atoms with Crippen LogP contribution in [-0.2, 0) is 6.54 Å². The largest absolute Gasteiger partial charge is 0.322 e. The fourth-order valence-corrected chi connectivity index (χ4v) is 3.24. The second kappa shape index (κ2) is 6.77. The van der Waals surface area contributed by atoms with Gasteiger partial charge in [-0.2, -0.15) is 9.90 Å². The lowest BCUT2D eigenvalue weighted by molar-refractivity contribution is 0.102. The van der Waals surface area contributed by atoms with Gasteiger partial charge in [-0.15, -0.1) is 10.2 Å². The summed E-state index contributed by atoms with van der Waals surface area (Å²) in [4.78, 5) is 14.3. The normalized spacial score (nSPS) is 13.7. The van der Waals surface area contributed by atoms with E-state index in [1.165, 1.54) is 17.1 Å². The van der Waals surface area contributed by atoms with E-state index in [1.54, 1.807) is 23.7 Å². The summed E-state index contributed by atoms with van der Waals surface area (Å²) in [6, 6.07) is 8.40. The molecule has 146 valence electrons. The number of carbonyl (C=O) groups excluding carboxylic acids is 1. The van der Waals surface area contributed by atoms with Gasteiger partial charge in [0.2, 0.25) is 5.82 Å². The van der Waals surface area contributed by atoms with E-state index in [1.807, 2.05) is 18.2 Å². The molecule has 0 atom stereocenters. The van der Waals surface area contributed by atoms with Crippen molar-refractivity contribution >= 4 is 17.1 Å². The Morgan fingerprint density at radius 2 is 2.17 bits per heavy atom. The molecule has 29 heavy (non-hydrogen) atoms. The van der Waals surface area contributed by atoms with E-state index in [-0.39, 0.29) is 17.3 Å². The lowest BCUT2D eigenvalue weighted by atomic mass is 10.1. The van der Waals surface area contributed by atoms with Crippen LogP contribution in [0, 0.1) is 18.7 Å². The third-order valence-corrected chi connectivity index (χ3v) is 5.05. The molecule has 9 heteroatoms. The van der Waals surface area contributed by atoms with Crippen LogP contribution < -0.4 is 5.32 Å². The van der Waals surface area contributed by atoms with Gasteiger partial charge in [0, 0.05) is 11.9 Å². The summed E-state index contributed by atoms with van der Waals surface area (Å²) in [6.45, 7) is 2.43. The highest BCUT2D eigenvalue weighted by Crippen LogP contribution is 2.31. The maximum absolute atomic E-state index is 14.6. The number of pyridine rings is 1. The fraction of sp³-hybridized carbons (Fsp3) is 0.250. The molecule has 1 amide bonds. The van der Waals surface area contributed by atoms with Gasteiger partial charge in [-0.1, -0.05) is 6.07 Å². The molecule has 0 unspecified atom stereocenters. The lowest BCUT2D eigenvalue weighted by Gasteiger charge is -2.10. The van der Waals surface area contributed by atoms with Crippen LogP contribution in [0.4, 0.5) is 10.1 Å². The maximum Gasteiger partial charge on any atom is 0.259 e. The Kier molecular flexibility index (Phi) is 4.08. The van der Waals surface area contributed by atoms with Gasteiger partial charge in [0.05, 0.1) is 29.4 Å². The number of aryl methyl sites for hydroxylation is 1. The molecule has 0 spiro atoms. The van der Waals surface area contributed by atoms with Crippen LogP contribution in [0.15, 0.2) is 42.7 Å². The number of nitrogens with zero attached hydrogens (tertiary/aromatic N) is 6. The van der Waals surface area contributed by atoms with E-state index in [0.29, 0.717) is 34.8 Å². The second-order valence-corrected chi connectivity index (χ2v) is 7.30. The van der Waals surface area contributed by atoms with Crippen LogP contribution in [0.25, 0.3) is 16.9 Å². The van der Waals surface area contributed by atoms with E-state index in [9.17, 15) is 9.18 Å². The fourth-order valence-electron chi connectivity index (χ4n) is 3.24. The third kappa shape index (κ3) is 3.35. The maximum atomic E-state index is 14.6. The quantitative estimate of drug-likeness (QED) is 0.565. The van der Waals surface area contributed by atoms with Gasteiger partial charge in [0.25, 0.3) is 5.91 Å². The van der Waals surface area contributed by atoms with Crippen molar-refractivity contribution in [2.24, 2.45) is 5.92 Å². The third-order valence-electron chi connectivity index (χ3n) is 5.05. The zero-order valence-corrected chi connectivity index (χ0v) is 15.7. The van der Waals surface area contributed by atoms with Crippen LogP contribution in [0.2, 0.25) is 0 Å². The highest BCUT2D eigenvalue weighted by Gasteiger charge is 2.24. The smallest absolute Gasteiger partial charge is 0.259 e. The molecule has 1 aromatic carbocycles. The zero-order chi connectivity index (χ0) is 20.0. The first-order valence-corrected chi connectivity index (χ1v) is 9.40. The van der Waals surface area contributed by atoms with E-state index in [4.69, 9.17) is 0 Å². The molecule has 0 aliphatic heterocycles. The number of rotatable bonds is 5. The molecule has 1 fully saturated rings. The highest BCUT2D eigenvalue weighted by molar-refractivity contribution is 6.09. The molecule has 3 aromatic heterocycles. The monoisotopic (exact) mass is 391 g/mol. The number of amides is 1.